The number of hydrogen-bond donors (Lipinski definition) is 0. The number of amides is 1. The van der Waals surface area contributed by atoms with Gasteiger partial charge < -0.3 is 4.90 Å². The van der Waals surface area contributed by atoms with Crippen molar-refractivity contribution in [2.75, 3.05) is 32.7 Å². The molecule has 4 rings (SSSR count). The van der Waals surface area contributed by atoms with Crippen molar-refractivity contribution in [3.05, 3.63) is 45.9 Å². The van der Waals surface area contributed by atoms with Crippen molar-refractivity contribution >= 4 is 27.3 Å². The largest absolute Gasteiger partial charge is 0.336 e. The number of piperazine rings is 1. The van der Waals surface area contributed by atoms with Crippen LogP contribution in [0.1, 0.15) is 47.2 Å². The number of benzene rings is 1. The van der Waals surface area contributed by atoms with Crippen LogP contribution in [0.4, 0.5) is 0 Å². The zero-order valence-electron chi connectivity index (χ0n) is 18.2. The summed E-state index contributed by atoms with van der Waals surface area (Å²) in [6, 6.07) is 6.53. The van der Waals surface area contributed by atoms with Gasteiger partial charge in [-0.05, 0) is 44.9 Å². The van der Waals surface area contributed by atoms with E-state index in [-0.39, 0.29) is 16.8 Å². The quantitative estimate of drug-likeness (QED) is 0.683. The third-order valence-electron chi connectivity index (χ3n) is 6.14. The molecule has 0 saturated carbocycles. The maximum atomic E-state index is 13.2. The number of thiazole rings is 1. The van der Waals surface area contributed by atoms with Gasteiger partial charge >= 0.3 is 0 Å². The first kappa shape index (κ1) is 22.4. The van der Waals surface area contributed by atoms with E-state index in [1.54, 1.807) is 39.9 Å². The van der Waals surface area contributed by atoms with Gasteiger partial charge in [0.25, 0.3) is 5.91 Å². The molecule has 1 aromatic heterocycles. The summed E-state index contributed by atoms with van der Waals surface area (Å²) in [5.41, 5.74) is 1.52. The monoisotopic (exact) mass is 462 g/mol. The Bertz CT molecular complexity index is 1030. The number of rotatable bonds is 5. The molecule has 0 aliphatic carbocycles. The summed E-state index contributed by atoms with van der Waals surface area (Å²) in [5.74, 6) is -0.104. The number of hydrogen-bond acceptors (Lipinski definition) is 6. The van der Waals surface area contributed by atoms with Crippen molar-refractivity contribution in [3.63, 3.8) is 0 Å². The van der Waals surface area contributed by atoms with Gasteiger partial charge in [0.2, 0.25) is 10.0 Å². The number of aromatic nitrogens is 1. The van der Waals surface area contributed by atoms with Crippen LogP contribution in [0.15, 0.2) is 34.5 Å². The molecule has 2 fully saturated rings. The van der Waals surface area contributed by atoms with Crippen LogP contribution in [0, 0.1) is 6.92 Å². The molecule has 1 aromatic carbocycles. The minimum absolute atomic E-state index is 0.00677. The maximum Gasteiger partial charge on any atom is 0.253 e. The predicted molar refractivity (Wildman–Crippen MR) is 122 cm³/mol. The Morgan fingerprint density at radius 1 is 1.16 bits per heavy atom. The van der Waals surface area contributed by atoms with E-state index in [1.807, 2.05) is 18.7 Å². The van der Waals surface area contributed by atoms with E-state index < -0.39 is 10.0 Å². The average Bonchev–Trinajstić information content (AvgIpc) is 3.18. The van der Waals surface area contributed by atoms with E-state index in [4.69, 9.17) is 0 Å². The van der Waals surface area contributed by atoms with Gasteiger partial charge in [0, 0.05) is 56.3 Å². The first-order valence-corrected chi connectivity index (χ1v) is 13.2. The van der Waals surface area contributed by atoms with Gasteiger partial charge in [0.15, 0.2) is 0 Å². The highest BCUT2D eigenvalue weighted by molar-refractivity contribution is 7.89. The Kier molecular flexibility index (Phi) is 6.76. The molecule has 0 N–H and O–H groups in total. The minimum atomic E-state index is -3.59. The van der Waals surface area contributed by atoms with Crippen LogP contribution in [-0.4, -0.2) is 72.2 Å². The first-order chi connectivity index (χ1) is 14.8. The van der Waals surface area contributed by atoms with Gasteiger partial charge in [-0.15, -0.1) is 11.3 Å². The van der Waals surface area contributed by atoms with Crippen molar-refractivity contribution in [3.8, 4) is 0 Å². The molecule has 7 nitrogen and oxygen atoms in total. The molecular formula is C22H30N4O3S2. The maximum absolute atomic E-state index is 13.2. The normalized spacial score (nSPS) is 21.4. The standard InChI is InChI=1S/C22H30N4O3S2/c1-17-6-3-4-9-26(17)31(28,29)21-8-5-7-19(14-21)22(27)25-12-10-24(11-13-25)15-20-16-30-18(2)23-20/h5,7-8,14,16-17H,3-4,6,9-13,15H2,1-2H3. The van der Waals surface area contributed by atoms with Gasteiger partial charge in [0.05, 0.1) is 15.6 Å². The minimum Gasteiger partial charge on any atom is -0.336 e. The second kappa shape index (κ2) is 9.36. The topological polar surface area (TPSA) is 73.8 Å². The Morgan fingerprint density at radius 2 is 1.94 bits per heavy atom. The molecule has 2 saturated heterocycles. The fraction of sp³-hybridized carbons (Fsp3) is 0.545. The van der Waals surface area contributed by atoms with Crippen molar-refractivity contribution < 1.29 is 13.2 Å². The fourth-order valence-corrected chi connectivity index (χ4v) is 6.71. The number of aryl methyl sites for hydroxylation is 1. The van der Waals surface area contributed by atoms with Crippen LogP contribution in [0.3, 0.4) is 0 Å². The van der Waals surface area contributed by atoms with Gasteiger partial charge in [-0.3, -0.25) is 9.69 Å². The van der Waals surface area contributed by atoms with Gasteiger partial charge in [-0.2, -0.15) is 4.31 Å². The summed E-state index contributed by atoms with van der Waals surface area (Å²) >= 11 is 1.65. The van der Waals surface area contributed by atoms with Crippen LogP contribution in [0.5, 0.6) is 0 Å². The molecule has 2 aliphatic heterocycles. The molecule has 2 aliphatic rings. The van der Waals surface area contributed by atoms with Gasteiger partial charge in [-0.25, -0.2) is 13.4 Å². The summed E-state index contributed by atoms with van der Waals surface area (Å²) in [5, 5.41) is 3.15. The zero-order valence-corrected chi connectivity index (χ0v) is 19.8. The third-order valence-corrected chi connectivity index (χ3v) is 8.97. The summed E-state index contributed by atoms with van der Waals surface area (Å²) in [4.78, 5) is 21.9. The third kappa shape index (κ3) is 5.00. The summed E-state index contributed by atoms with van der Waals surface area (Å²) in [6.45, 7) is 8.13. The lowest BCUT2D eigenvalue weighted by Gasteiger charge is -2.34. The number of carbonyl (C=O) groups is 1. The summed E-state index contributed by atoms with van der Waals surface area (Å²) in [6.07, 6.45) is 2.81. The van der Waals surface area contributed by atoms with E-state index in [1.165, 1.54) is 0 Å². The molecule has 1 unspecified atom stereocenters. The Labute approximate surface area is 188 Å². The van der Waals surface area contributed by atoms with Crippen LogP contribution >= 0.6 is 11.3 Å². The van der Waals surface area contributed by atoms with Gasteiger partial charge in [-0.1, -0.05) is 12.5 Å². The molecule has 1 amide bonds. The molecule has 2 aromatic rings. The highest BCUT2D eigenvalue weighted by Crippen LogP contribution is 2.26. The molecule has 168 valence electrons. The Balaban J connectivity index is 1.41. The van der Waals surface area contributed by atoms with Crippen LogP contribution in [-0.2, 0) is 16.6 Å². The number of sulfonamides is 1. The van der Waals surface area contributed by atoms with Gasteiger partial charge in [0.1, 0.15) is 0 Å². The summed E-state index contributed by atoms with van der Waals surface area (Å²) < 4.78 is 27.9. The second-order valence-corrected chi connectivity index (χ2v) is 11.4. The number of nitrogens with zero attached hydrogens (tertiary/aromatic N) is 4. The van der Waals surface area contributed by atoms with Crippen LogP contribution in [0.2, 0.25) is 0 Å². The molecule has 3 heterocycles. The van der Waals surface area contributed by atoms with E-state index in [0.29, 0.717) is 25.2 Å². The molecule has 31 heavy (non-hydrogen) atoms. The molecule has 0 bridgehead atoms. The zero-order chi connectivity index (χ0) is 22.0. The fourth-order valence-electron chi connectivity index (χ4n) is 4.36. The summed E-state index contributed by atoms with van der Waals surface area (Å²) in [7, 11) is -3.59. The molecular weight excluding hydrogens is 432 g/mol. The lowest BCUT2D eigenvalue weighted by atomic mass is 10.1. The number of piperidine rings is 1. The van der Waals surface area contributed by atoms with Crippen LogP contribution in [0.25, 0.3) is 0 Å². The highest BCUT2D eigenvalue weighted by atomic mass is 32.2. The molecule has 0 spiro atoms. The van der Waals surface area contributed by atoms with Crippen molar-refractivity contribution in [1.82, 2.24) is 19.1 Å². The van der Waals surface area contributed by atoms with Crippen molar-refractivity contribution in [1.29, 1.82) is 0 Å². The molecule has 1 atom stereocenters. The van der Waals surface area contributed by atoms with Crippen molar-refractivity contribution in [2.45, 2.75) is 50.6 Å². The van der Waals surface area contributed by atoms with E-state index in [2.05, 4.69) is 15.3 Å². The predicted octanol–water partition coefficient (Wildman–Crippen LogP) is 2.97. The van der Waals surface area contributed by atoms with E-state index >= 15 is 0 Å². The smallest absolute Gasteiger partial charge is 0.253 e. The Hall–Kier alpha value is -1.81. The Morgan fingerprint density at radius 3 is 2.61 bits per heavy atom. The van der Waals surface area contributed by atoms with Crippen molar-refractivity contribution in [2.24, 2.45) is 0 Å². The lowest BCUT2D eigenvalue weighted by Crippen LogP contribution is -2.48. The van der Waals surface area contributed by atoms with E-state index in [0.717, 1.165) is 49.6 Å². The highest BCUT2D eigenvalue weighted by Gasteiger charge is 2.31. The lowest BCUT2D eigenvalue weighted by molar-refractivity contribution is 0.0627. The average molecular weight is 463 g/mol. The van der Waals surface area contributed by atoms with Crippen LogP contribution < -0.4 is 0 Å². The molecule has 0 radical (unpaired) electrons. The number of carbonyl (C=O) groups excluding carboxylic acids is 1. The first-order valence-electron chi connectivity index (χ1n) is 10.9. The second-order valence-electron chi connectivity index (χ2n) is 8.41. The molecule has 9 heteroatoms. The van der Waals surface area contributed by atoms with E-state index in [9.17, 15) is 13.2 Å². The SMILES string of the molecule is Cc1nc(CN2CCN(C(=O)c3cccc(S(=O)(=O)N4CCCCC4C)c3)CC2)cs1.